The molecule has 100 valence electrons. The summed E-state index contributed by atoms with van der Waals surface area (Å²) in [6, 6.07) is 1.10. The average molecular weight is 260 g/mol. The van der Waals surface area contributed by atoms with Gasteiger partial charge in [-0.2, -0.15) is 0 Å². The van der Waals surface area contributed by atoms with Gasteiger partial charge in [0.1, 0.15) is 9.84 Å². The van der Waals surface area contributed by atoms with Gasteiger partial charge >= 0.3 is 0 Å². The molecule has 2 fully saturated rings. The zero-order chi connectivity index (χ0) is 12.3. The zero-order valence-corrected chi connectivity index (χ0v) is 11.5. The summed E-state index contributed by atoms with van der Waals surface area (Å²) in [4.78, 5) is 2.51. The highest BCUT2D eigenvalue weighted by molar-refractivity contribution is 7.91. The monoisotopic (exact) mass is 260 g/mol. The molecule has 1 atom stereocenters. The Hall–Kier alpha value is -0.130. The number of hydrogen-bond donors (Lipinski definition) is 1. The van der Waals surface area contributed by atoms with E-state index in [-0.39, 0.29) is 0 Å². The van der Waals surface area contributed by atoms with E-state index in [9.17, 15) is 8.42 Å². The number of sulfone groups is 1. The van der Waals surface area contributed by atoms with Crippen LogP contribution in [0, 0.1) is 0 Å². The Balaban J connectivity index is 1.86. The molecule has 1 unspecified atom stereocenters. The van der Waals surface area contributed by atoms with E-state index in [1.54, 1.807) is 0 Å². The summed E-state index contributed by atoms with van der Waals surface area (Å²) >= 11 is 0. The molecule has 2 rings (SSSR count). The van der Waals surface area contributed by atoms with Crippen molar-refractivity contribution >= 4 is 9.84 Å². The van der Waals surface area contributed by atoms with Crippen LogP contribution in [0.1, 0.15) is 32.6 Å². The SMILES string of the molecule is CCCC1CN(C2CCS(=O)(=O)CC2)CCN1. The van der Waals surface area contributed by atoms with Crippen molar-refractivity contribution in [3.8, 4) is 0 Å². The van der Waals surface area contributed by atoms with Crippen LogP contribution < -0.4 is 5.32 Å². The van der Waals surface area contributed by atoms with Crippen LogP contribution in [0.4, 0.5) is 0 Å². The molecule has 0 spiro atoms. The third kappa shape index (κ3) is 3.66. The maximum absolute atomic E-state index is 11.4. The molecule has 5 heteroatoms. The molecule has 0 aromatic carbocycles. The van der Waals surface area contributed by atoms with E-state index >= 15 is 0 Å². The normalized spacial score (nSPS) is 31.5. The molecule has 2 heterocycles. The first-order valence-electron chi connectivity index (χ1n) is 6.78. The fourth-order valence-electron chi connectivity index (χ4n) is 2.97. The summed E-state index contributed by atoms with van der Waals surface area (Å²) in [5, 5.41) is 3.55. The van der Waals surface area contributed by atoms with Crippen LogP contribution in [-0.2, 0) is 9.84 Å². The summed E-state index contributed by atoms with van der Waals surface area (Å²) in [6.45, 7) is 5.44. The molecule has 0 aromatic rings. The van der Waals surface area contributed by atoms with Crippen molar-refractivity contribution in [1.82, 2.24) is 10.2 Å². The van der Waals surface area contributed by atoms with Gasteiger partial charge < -0.3 is 5.32 Å². The molecule has 0 amide bonds. The second-order valence-electron chi connectivity index (χ2n) is 5.32. The molecule has 0 radical (unpaired) electrons. The maximum Gasteiger partial charge on any atom is 0.150 e. The number of nitrogens with one attached hydrogen (secondary N) is 1. The van der Waals surface area contributed by atoms with Gasteiger partial charge in [-0.05, 0) is 19.3 Å². The highest BCUT2D eigenvalue weighted by atomic mass is 32.2. The van der Waals surface area contributed by atoms with E-state index in [0.29, 0.717) is 23.6 Å². The van der Waals surface area contributed by atoms with Crippen LogP contribution in [0.15, 0.2) is 0 Å². The molecule has 1 N–H and O–H groups in total. The lowest BCUT2D eigenvalue weighted by atomic mass is 10.0. The molecule has 2 aliphatic heterocycles. The van der Waals surface area contributed by atoms with Crippen LogP contribution in [0.2, 0.25) is 0 Å². The van der Waals surface area contributed by atoms with E-state index in [4.69, 9.17) is 0 Å². The summed E-state index contributed by atoms with van der Waals surface area (Å²) in [5.74, 6) is 0.778. The summed E-state index contributed by atoms with van der Waals surface area (Å²) in [6.07, 6.45) is 4.11. The van der Waals surface area contributed by atoms with Gasteiger partial charge in [-0.15, -0.1) is 0 Å². The predicted octanol–water partition coefficient (Wildman–Crippen LogP) is 0.638. The Bertz CT molecular complexity index is 326. The molecule has 2 saturated heterocycles. The second kappa shape index (κ2) is 5.67. The molecule has 0 aliphatic carbocycles. The number of rotatable bonds is 3. The highest BCUT2D eigenvalue weighted by Gasteiger charge is 2.30. The first-order chi connectivity index (χ1) is 8.11. The van der Waals surface area contributed by atoms with Crippen molar-refractivity contribution in [2.45, 2.75) is 44.7 Å². The smallest absolute Gasteiger partial charge is 0.150 e. The molecule has 0 bridgehead atoms. The standard InChI is InChI=1S/C12H24N2O2S/c1-2-3-11-10-14(7-6-13-11)12-4-8-17(15,16)9-5-12/h11-13H,2-10H2,1H3. The van der Waals surface area contributed by atoms with Gasteiger partial charge in [0.15, 0.2) is 0 Å². The Morgan fingerprint density at radius 2 is 2.00 bits per heavy atom. The quantitative estimate of drug-likeness (QED) is 0.809. The van der Waals surface area contributed by atoms with Crippen molar-refractivity contribution in [2.24, 2.45) is 0 Å². The maximum atomic E-state index is 11.4. The largest absolute Gasteiger partial charge is 0.311 e. The third-order valence-corrected chi connectivity index (χ3v) is 5.68. The summed E-state index contributed by atoms with van der Waals surface area (Å²) in [7, 11) is -2.72. The second-order valence-corrected chi connectivity index (χ2v) is 7.62. The first kappa shape index (κ1) is 13.3. The van der Waals surface area contributed by atoms with Gasteiger partial charge in [0.05, 0.1) is 11.5 Å². The Morgan fingerprint density at radius 1 is 1.29 bits per heavy atom. The first-order valence-corrected chi connectivity index (χ1v) is 8.61. The Kier molecular flexibility index (Phi) is 4.44. The van der Waals surface area contributed by atoms with Gasteiger partial charge in [-0.1, -0.05) is 13.3 Å². The molecule has 17 heavy (non-hydrogen) atoms. The van der Waals surface area contributed by atoms with Gasteiger partial charge in [-0.25, -0.2) is 8.42 Å². The lowest BCUT2D eigenvalue weighted by molar-refractivity contribution is 0.131. The lowest BCUT2D eigenvalue weighted by Crippen LogP contribution is -2.55. The van der Waals surface area contributed by atoms with E-state index in [0.717, 1.165) is 32.5 Å². The van der Waals surface area contributed by atoms with Crippen molar-refractivity contribution in [3.63, 3.8) is 0 Å². The number of piperazine rings is 1. The van der Waals surface area contributed by atoms with Gasteiger partial charge in [0.25, 0.3) is 0 Å². The predicted molar refractivity (Wildman–Crippen MR) is 69.9 cm³/mol. The van der Waals surface area contributed by atoms with E-state index in [1.807, 2.05) is 0 Å². The minimum Gasteiger partial charge on any atom is -0.311 e. The van der Waals surface area contributed by atoms with Crippen LogP contribution in [0.25, 0.3) is 0 Å². The van der Waals surface area contributed by atoms with Gasteiger partial charge in [-0.3, -0.25) is 4.90 Å². The topological polar surface area (TPSA) is 49.4 Å². The van der Waals surface area contributed by atoms with Crippen molar-refractivity contribution in [1.29, 1.82) is 0 Å². The van der Waals surface area contributed by atoms with E-state index in [2.05, 4.69) is 17.1 Å². The Labute approximate surface area is 105 Å². The fraction of sp³-hybridized carbons (Fsp3) is 1.00. The van der Waals surface area contributed by atoms with E-state index in [1.165, 1.54) is 12.8 Å². The molecular weight excluding hydrogens is 236 g/mol. The summed E-state index contributed by atoms with van der Waals surface area (Å²) in [5.41, 5.74) is 0. The van der Waals surface area contributed by atoms with Gasteiger partial charge in [0, 0.05) is 31.7 Å². The lowest BCUT2D eigenvalue weighted by Gasteiger charge is -2.40. The van der Waals surface area contributed by atoms with E-state index < -0.39 is 9.84 Å². The molecule has 0 saturated carbocycles. The van der Waals surface area contributed by atoms with Crippen molar-refractivity contribution in [3.05, 3.63) is 0 Å². The van der Waals surface area contributed by atoms with Crippen LogP contribution in [0.3, 0.4) is 0 Å². The van der Waals surface area contributed by atoms with Crippen LogP contribution >= 0.6 is 0 Å². The third-order valence-electron chi connectivity index (χ3n) is 3.96. The molecule has 4 nitrogen and oxygen atoms in total. The fourth-order valence-corrected chi connectivity index (χ4v) is 4.43. The van der Waals surface area contributed by atoms with Crippen molar-refractivity contribution < 1.29 is 8.42 Å². The number of hydrogen-bond acceptors (Lipinski definition) is 4. The minimum absolute atomic E-state index is 0.389. The van der Waals surface area contributed by atoms with Gasteiger partial charge in [0.2, 0.25) is 0 Å². The van der Waals surface area contributed by atoms with Crippen molar-refractivity contribution in [2.75, 3.05) is 31.1 Å². The summed E-state index contributed by atoms with van der Waals surface area (Å²) < 4.78 is 22.8. The molecular formula is C12H24N2O2S. The molecule has 0 aromatic heterocycles. The highest BCUT2D eigenvalue weighted by Crippen LogP contribution is 2.20. The Morgan fingerprint density at radius 3 is 2.65 bits per heavy atom. The molecule has 2 aliphatic rings. The minimum atomic E-state index is -2.72. The number of nitrogens with zero attached hydrogens (tertiary/aromatic N) is 1. The zero-order valence-electron chi connectivity index (χ0n) is 10.7. The van der Waals surface area contributed by atoms with Crippen LogP contribution in [-0.4, -0.2) is 56.5 Å². The average Bonchev–Trinajstić information content (AvgIpc) is 2.30. The van der Waals surface area contributed by atoms with Crippen LogP contribution in [0.5, 0.6) is 0 Å².